The van der Waals surface area contributed by atoms with Crippen molar-refractivity contribution >= 4 is 11.8 Å². The van der Waals surface area contributed by atoms with Crippen molar-refractivity contribution in [2.24, 2.45) is 0 Å². The molecule has 1 aliphatic rings. The molecule has 3 nitrogen and oxygen atoms in total. The van der Waals surface area contributed by atoms with Gasteiger partial charge in [0.1, 0.15) is 0 Å². The van der Waals surface area contributed by atoms with Crippen molar-refractivity contribution in [2.45, 2.75) is 43.5 Å². The second-order valence-electron chi connectivity index (χ2n) is 4.37. The summed E-state index contributed by atoms with van der Waals surface area (Å²) in [5.74, 6) is 0. The second kappa shape index (κ2) is 5.64. The van der Waals surface area contributed by atoms with Gasteiger partial charge < -0.3 is 5.32 Å². The third-order valence-corrected chi connectivity index (χ3v) is 3.86. The maximum atomic E-state index is 4.48. The van der Waals surface area contributed by atoms with Gasteiger partial charge in [0.25, 0.3) is 0 Å². The van der Waals surface area contributed by atoms with Crippen molar-refractivity contribution in [2.75, 3.05) is 13.1 Å². The monoisotopic (exact) mass is 237 g/mol. The maximum absolute atomic E-state index is 4.48. The summed E-state index contributed by atoms with van der Waals surface area (Å²) in [4.78, 5) is 8.97. The zero-order valence-corrected chi connectivity index (χ0v) is 10.8. The highest BCUT2D eigenvalue weighted by Crippen LogP contribution is 2.24. The number of nitrogens with one attached hydrogen (secondary N) is 1. The average molecular weight is 237 g/mol. The van der Waals surface area contributed by atoms with Crippen LogP contribution < -0.4 is 5.32 Å². The third kappa shape index (κ3) is 3.46. The van der Waals surface area contributed by atoms with Crippen LogP contribution in [-0.4, -0.2) is 28.3 Å². The molecule has 1 aromatic rings. The normalized spacial score (nSPS) is 21.8. The van der Waals surface area contributed by atoms with E-state index in [0.29, 0.717) is 5.25 Å². The quantitative estimate of drug-likeness (QED) is 0.801. The number of rotatable bonds is 2. The summed E-state index contributed by atoms with van der Waals surface area (Å²) in [6.07, 6.45) is 3.88. The van der Waals surface area contributed by atoms with Crippen LogP contribution in [0.5, 0.6) is 0 Å². The number of nitrogens with zero attached hydrogens (tertiary/aromatic N) is 2. The highest BCUT2D eigenvalue weighted by Gasteiger charge is 2.14. The van der Waals surface area contributed by atoms with Gasteiger partial charge in [0.15, 0.2) is 5.16 Å². The van der Waals surface area contributed by atoms with Crippen LogP contribution in [-0.2, 0) is 0 Å². The van der Waals surface area contributed by atoms with Gasteiger partial charge in [-0.2, -0.15) is 0 Å². The highest BCUT2D eigenvalue weighted by molar-refractivity contribution is 7.99. The lowest BCUT2D eigenvalue weighted by atomic mass is 10.2. The molecular formula is C12H19N3S. The minimum absolute atomic E-state index is 0.628. The molecule has 0 saturated carbocycles. The van der Waals surface area contributed by atoms with E-state index in [-0.39, 0.29) is 0 Å². The van der Waals surface area contributed by atoms with E-state index >= 15 is 0 Å². The molecule has 0 aromatic carbocycles. The Morgan fingerprint density at radius 3 is 2.75 bits per heavy atom. The standard InChI is InChI=1S/C12H19N3S/c1-9-7-10(2)15-12(14-9)16-11-5-3-4-6-13-8-11/h7,11,13H,3-6,8H2,1-2H3. The Bertz CT molecular complexity index is 326. The van der Waals surface area contributed by atoms with Crippen LogP contribution in [0.2, 0.25) is 0 Å². The van der Waals surface area contributed by atoms with Crippen LogP contribution in [0, 0.1) is 13.8 Å². The molecular weight excluding hydrogens is 218 g/mol. The molecule has 1 atom stereocenters. The summed E-state index contributed by atoms with van der Waals surface area (Å²) >= 11 is 1.82. The number of hydrogen-bond donors (Lipinski definition) is 1. The SMILES string of the molecule is Cc1cc(C)nc(SC2CCCCNC2)n1. The molecule has 2 heterocycles. The molecule has 1 fully saturated rings. The molecule has 0 amide bonds. The molecule has 1 N–H and O–H groups in total. The summed E-state index contributed by atoms with van der Waals surface area (Å²) in [5.41, 5.74) is 2.13. The minimum atomic E-state index is 0.628. The van der Waals surface area contributed by atoms with Gasteiger partial charge in [-0.15, -0.1) is 0 Å². The Morgan fingerprint density at radius 1 is 1.25 bits per heavy atom. The van der Waals surface area contributed by atoms with E-state index in [1.807, 2.05) is 31.7 Å². The first-order chi connectivity index (χ1) is 7.74. The largest absolute Gasteiger partial charge is 0.316 e. The van der Waals surface area contributed by atoms with Crippen LogP contribution in [0.25, 0.3) is 0 Å². The number of aryl methyl sites for hydroxylation is 2. The first-order valence-corrected chi connectivity index (χ1v) is 6.81. The van der Waals surface area contributed by atoms with Crippen LogP contribution >= 0.6 is 11.8 Å². The molecule has 88 valence electrons. The van der Waals surface area contributed by atoms with E-state index in [1.54, 1.807) is 0 Å². The van der Waals surface area contributed by atoms with Crippen molar-refractivity contribution in [1.29, 1.82) is 0 Å². The van der Waals surface area contributed by atoms with E-state index < -0.39 is 0 Å². The molecule has 0 bridgehead atoms. The van der Waals surface area contributed by atoms with Crippen molar-refractivity contribution in [1.82, 2.24) is 15.3 Å². The molecule has 1 unspecified atom stereocenters. The summed E-state index contributed by atoms with van der Waals surface area (Å²) in [6.45, 7) is 6.31. The summed E-state index contributed by atoms with van der Waals surface area (Å²) < 4.78 is 0. The smallest absolute Gasteiger partial charge is 0.188 e. The molecule has 0 spiro atoms. The fourth-order valence-electron chi connectivity index (χ4n) is 1.98. The van der Waals surface area contributed by atoms with Gasteiger partial charge in [-0.1, -0.05) is 18.2 Å². The van der Waals surface area contributed by atoms with E-state index in [1.165, 1.54) is 19.3 Å². The third-order valence-electron chi connectivity index (χ3n) is 2.74. The van der Waals surface area contributed by atoms with Crippen LogP contribution in [0.1, 0.15) is 30.7 Å². The average Bonchev–Trinajstić information content (AvgIpc) is 2.44. The summed E-state index contributed by atoms with van der Waals surface area (Å²) in [5, 5.41) is 5.04. The highest BCUT2D eigenvalue weighted by atomic mass is 32.2. The Kier molecular flexibility index (Phi) is 4.18. The Morgan fingerprint density at radius 2 is 2.00 bits per heavy atom. The van der Waals surface area contributed by atoms with Crippen LogP contribution in [0.3, 0.4) is 0 Å². The molecule has 1 saturated heterocycles. The van der Waals surface area contributed by atoms with Gasteiger partial charge in [-0.3, -0.25) is 0 Å². The zero-order chi connectivity index (χ0) is 11.4. The van der Waals surface area contributed by atoms with Gasteiger partial charge in [-0.25, -0.2) is 9.97 Å². The maximum Gasteiger partial charge on any atom is 0.188 e. The summed E-state index contributed by atoms with van der Waals surface area (Å²) in [7, 11) is 0. The van der Waals surface area contributed by atoms with Crippen LogP contribution in [0.4, 0.5) is 0 Å². The van der Waals surface area contributed by atoms with Gasteiger partial charge in [0.05, 0.1) is 0 Å². The van der Waals surface area contributed by atoms with Crippen molar-refractivity contribution < 1.29 is 0 Å². The first kappa shape index (κ1) is 11.9. The zero-order valence-electron chi connectivity index (χ0n) is 9.99. The second-order valence-corrected chi connectivity index (χ2v) is 5.64. The van der Waals surface area contributed by atoms with E-state index in [0.717, 1.165) is 29.6 Å². The lowest BCUT2D eigenvalue weighted by molar-refractivity contribution is 0.706. The molecule has 16 heavy (non-hydrogen) atoms. The molecule has 0 aliphatic carbocycles. The Balaban J connectivity index is 2.01. The lowest BCUT2D eigenvalue weighted by Crippen LogP contribution is -2.22. The molecule has 1 aliphatic heterocycles. The van der Waals surface area contributed by atoms with Gasteiger partial charge >= 0.3 is 0 Å². The Labute approximate surface area is 101 Å². The van der Waals surface area contributed by atoms with Crippen LogP contribution in [0.15, 0.2) is 11.2 Å². The van der Waals surface area contributed by atoms with E-state index in [2.05, 4.69) is 15.3 Å². The predicted octanol–water partition coefficient (Wildman–Crippen LogP) is 2.33. The predicted molar refractivity (Wildman–Crippen MR) is 67.9 cm³/mol. The molecule has 1 aromatic heterocycles. The number of aromatic nitrogens is 2. The molecule has 2 rings (SSSR count). The van der Waals surface area contributed by atoms with Gasteiger partial charge in [0.2, 0.25) is 0 Å². The van der Waals surface area contributed by atoms with Crippen molar-refractivity contribution in [3.05, 3.63) is 17.5 Å². The molecule has 0 radical (unpaired) electrons. The van der Waals surface area contributed by atoms with Crippen molar-refractivity contribution in [3.63, 3.8) is 0 Å². The van der Waals surface area contributed by atoms with Gasteiger partial charge in [0, 0.05) is 23.2 Å². The summed E-state index contributed by atoms with van der Waals surface area (Å²) in [6, 6.07) is 2.02. The fraction of sp³-hybridized carbons (Fsp3) is 0.667. The number of hydrogen-bond acceptors (Lipinski definition) is 4. The molecule has 4 heteroatoms. The first-order valence-electron chi connectivity index (χ1n) is 5.94. The topological polar surface area (TPSA) is 37.8 Å². The van der Waals surface area contributed by atoms with Gasteiger partial charge in [-0.05, 0) is 39.3 Å². The van der Waals surface area contributed by atoms with E-state index in [9.17, 15) is 0 Å². The Hall–Kier alpha value is -0.610. The van der Waals surface area contributed by atoms with Crippen molar-refractivity contribution in [3.8, 4) is 0 Å². The van der Waals surface area contributed by atoms with E-state index in [4.69, 9.17) is 0 Å². The fourth-order valence-corrected chi connectivity index (χ4v) is 3.16. The number of thioether (sulfide) groups is 1. The minimum Gasteiger partial charge on any atom is -0.316 e. The lowest BCUT2D eigenvalue weighted by Gasteiger charge is -2.12.